The molecule has 1 amide bonds. The van der Waals surface area contributed by atoms with Gasteiger partial charge in [-0.3, -0.25) is 4.79 Å². The molecular weight excluding hydrogens is 395 g/mol. The van der Waals surface area contributed by atoms with Gasteiger partial charge in [-0.1, -0.05) is 28.5 Å². The predicted molar refractivity (Wildman–Crippen MR) is 98.5 cm³/mol. The van der Waals surface area contributed by atoms with Gasteiger partial charge in [-0.25, -0.2) is 9.37 Å². The van der Waals surface area contributed by atoms with Crippen LogP contribution in [0.25, 0.3) is 0 Å². The average molecular weight is 411 g/mol. The standard InChI is InChI=1S/C17H16ClFN4O3S/c1-23-6-4-21-17(23)27-7-5-20-16(24)14-9-12(26-22-14)10-25-15-3-2-11(19)8-13(15)18/h2-4,6,8-9H,5,7,10H2,1H3,(H,20,24). The fourth-order valence-electron chi connectivity index (χ4n) is 2.12. The van der Waals surface area contributed by atoms with E-state index in [0.29, 0.717) is 23.8 Å². The molecule has 1 aromatic carbocycles. The second-order valence-electron chi connectivity index (χ2n) is 5.47. The van der Waals surface area contributed by atoms with Gasteiger partial charge in [-0.05, 0) is 18.2 Å². The summed E-state index contributed by atoms with van der Waals surface area (Å²) >= 11 is 7.42. The zero-order chi connectivity index (χ0) is 19.2. The van der Waals surface area contributed by atoms with Gasteiger partial charge in [0.2, 0.25) is 0 Å². The highest BCUT2D eigenvalue weighted by molar-refractivity contribution is 7.99. The van der Waals surface area contributed by atoms with Crippen molar-refractivity contribution in [2.45, 2.75) is 11.8 Å². The molecule has 2 aromatic heterocycles. The van der Waals surface area contributed by atoms with Gasteiger partial charge in [-0.2, -0.15) is 0 Å². The van der Waals surface area contributed by atoms with E-state index in [1.54, 1.807) is 6.20 Å². The number of carbonyl (C=O) groups excluding carboxylic acids is 1. The number of aryl methyl sites for hydroxylation is 1. The molecule has 0 atom stereocenters. The number of nitrogens with one attached hydrogen (secondary N) is 1. The Morgan fingerprint density at radius 1 is 1.44 bits per heavy atom. The monoisotopic (exact) mass is 410 g/mol. The number of nitrogens with zero attached hydrogens (tertiary/aromatic N) is 3. The Morgan fingerprint density at radius 2 is 2.30 bits per heavy atom. The quantitative estimate of drug-likeness (QED) is 0.453. The van der Waals surface area contributed by atoms with Gasteiger partial charge in [0.1, 0.15) is 18.2 Å². The Hall–Kier alpha value is -2.52. The van der Waals surface area contributed by atoms with Crippen LogP contribution in [0.5, 0.6) is 5.75 Å². The first-order valence-corrected chi connectivity index (χ1v) is 9.31. The zero-order valence-electron chi connectivity index (χ0n) is 14.3. The van der Waals surface area contributed by atoms with E-state index in [1.807, 2.05) is 17.8 Å². The first kappa shape index (κ1) is 19.2. The highest BCUT2D eigenvalue weighted by atomic mass is 35.5. The van der Waals surface area contributed by atoms with E-state index in [4.69, 9.17) is 20.9 Å². The van der Waals surface area contributed by atoms with Crippen molar-refractivity contribution in [3.8, 4) is 5.75 Å². The van der Waals surface area contributed by atoms with Crippen LogP contribution in [0.3, 0.4) is 0 Å². The molecule has 0 aliphatic rings. The number of rotatable bonds is 8. The van der Waals surface area contributed by atoms with Crippen LogP contribution in [0.2, 0.25) is 5.02 Å². The van der Waals surface area contributed by atoms with Crippen molar-refractivity contribution in [3.63, 3.8) is 0 Å². The molecule has 0 radical (unpaired) electrons. The van der Waals surface area contributed by atoms with E-state index in [1.165, 1.54) is 30.0 Å². The molecule has 0 aliphatic carbocycles. The zero-order valence-corrected chi connectivity index (χ0v) is 15.9. The summed E-state index contributed by atoms with van der Waals surface area (Å²) in [6.45, 7) is 0.473. The summed E-state index contributed by atoms with van der Waals surface area (Å²) < 4.78 is 25.4. The van der Waals surface area contributed by atoms with Gasteiger partial charge in [-0.15, -0.1) is 0 Å². The van der Waals surface area contributed by atoms with Crippen molar-refractivity contribution in [3.05, 3.63) is 59.0 Å². The molecule has 0 saturated heterocycles. The van der Waals surface area contributed by atoms with Gasteiger partial charge >= 0.3 is 0 Å². The molecule has 27 heavy (non-hydrogen) atoms. The molecule has 0 fully saturated rings. The molecule has 0 bridgehead atoms. The molecule has 0 spiro atoms. The van der Waals surface area contributed by atoms with Crippen molar-refractivity contribution in [1.82, 2.24) is 20.0 Å². The van der Waals surface area contributed by atoms with Crippen molar-refractivity contribution >= 4 is 29.3 Å². The summed E-state index contributed by atoms with van der Waals surface area (Å²) in [5, 5.41) is 7.51. The molecule has 7 nitrogen and oxygen atoms in total. The Morgan fingerprint density at radius 3 is 3.04 bits per heavy atom. The number of ether oxygens (including phenoxy) is 1. The number of hydrogen-bond acceptors (Lipinski definition) is 6. The van der Waals surface area contributed by atoms with Crippen LogP contribution < -0.4 is 10.1 Å². The second kappa shape index (κ2) is 8.92. The van der Waals surface area contributed by atoms with E-state index < -0.39 is 5.82 Å². The fourth-order valence-corrected chi connectivity index (χ4v) is 3.13. The largest absolute Gasteiger partial charge is 0.484 e. The summed E-state index contributed by atoms with van der Waals surface area (Å²) in [6, 6.07) is 5.29. The summed E-state index contributed by atoms with van der Waals surface area (Å²) in [7, 11) is 1.91. The lowest BCUT2D eigenvalue weighted by Gasteiger charge is -2.05. The third kappa shape index (κ3) is 5.24. The first-order valence-electron chi connectivity index (χ1n) is 7.94. The number of benzene rings is 1. The van der Waals surface area contributed by atoms with E-state index in [-0.39, 0.29) is 23.2 Å². The molecule has 1 N–H and O–H groups in total. The molecular formula is C17H16ClFN4O3S. The Labute approximate surface area is 163 Å². The first-order chi connectivity index (χ1) is 13.0. The van der Waals surface area contributed by atoms with Crippen molar-refractivity contribution in [2.75, 3.05) is 12.3 Å². The van der Waals surface area contributed by atoms with Gasteiger partial charge in [0.15, 0.2) is 16.6 Å². The van der Waals surface area contributed by atoms with E-state index in [2.05, 4.69) is 15.5 Å². The molecule has 3 aromatic rings. The minimum atomic E-state index is -0.452. The summed E-state index contributed by atoms with van der Waals surface area (Å²) in [5.41, 5.74) is 0.154. The maximum absolute atomic E-state index is 13.0. The average Bonchev–Trinajstić information content (AvgIpc) is 3.27. The molecule has 2 heterocycles. The molecule has 3 rings (SSSR count). The molecule has 10 heteroatoms. The highest BCUT2D eigenvalue weighted by Crippen LogP contribution is 2.25. The fraction of sp³-hybridized carbons (Fsp3) is 0.235. The van der Waals surface area contributed by atoms with E-state index in [9.17, 15) is 9.18 Å². The number of imidazole rings is 1. The van der Waals surface area contributed by atoms with Crippen LogP contribution in [0.1, 0.15) is 16.2 Å². The third-order valence-corrected chi connectivity index (χ3v) is 4.81. The molecule has 142 valence electrons. The second-order valence-corrected chi connectivity index (χ2v) is 6.94. The van der Waals surface area contributed by atoms with Crippen LogP contribution in [-0.4, -0.2) is 32.9 Å². The van der Waals surface area contributed by atoms with Crippen molar-refractivity contribution in [1.29, 1.82) is 0 Å². The van der Waals surface area contributed by atoms with Gasteiger partial charge in [0.05, 0.1) is 5.02 Å². The number of aromatic nitrogens is 3. The lowest BCUT2D eigenvalue weighted by atomic mass is 10.3. The summed E-state index contributed by atoms with van der Waals surface area (Å²) in [4.78, 5) is 16.3. The smallest absolute Gasteiger partial charge is 0.273 e. The van der Waals surface area contributed by atoms with E-state index in [0.717, 1.165) is 11.2 Å². The van der Waals surface area contributed by atoms with E-state index >= 15 is 0 Å². The summed E-state index contributed by atoms with van der Waals surface area (Å²) in [6.07, 6.45) is 3.58. The Balaban J connectivity index is 1.45. The Kier molecular flexibility index (Phi) is 6.36. The highest BCUT2D eigenvalue weighted by Gasteiger charge is 2.13. The van der Waals surface area contributed by atoms with Crippen LogP contribution in [0.15, 0.2) is 46.3 Å². The van der Waals surface area contributed by atoms with Crippen molar-refractivity contribution < 1.29 is 18.4 Å². The number of thioether (sulfide) groups is 1. The maximum atomic E-state index is 13.0. The third-order valence-electron chi connectivity index (χ3n) is 3.45. The predicted octanol–water partition coefficient (Wildman–Crippen LogP) is 3.30. The van der Waals surface area contributed by atoms with Crippen LogP contribution in [0.4, 0.5) is 4.39 Å². The Bertz CT molecular complexity index is 931. The molecule has 0 saturated carbocycles. The van der Waals surface area contributed by atoms with Gasteiger partial charge in [0.25, 0.3) is 5.91 Å². The minimum Gasteiger partial charge on any atom is -0.484 e. The number of carbonyl (C=O) groups is 1. The van der Waals surface area contributed by atoms with Crippen LogP contribution >= 0.6 is 23.4 Å². The van der Waals surface area contributed by atoms with Gasteiger partial charge in [0, 0.05) is 37.8 Å². The number of amides is 1. The van der Waals surface area contributed by atoms with Crippen molar-refractivity contribution in [2.24, 2.45) is 7.05 Å². The minimum absolute atomic E-state index is 0.0145. The van der Waals surface area contributed by atoms with Gasteiger partial charge < -0.3 is 19.1 Å². The molecule has 0 aliphatic heterocycles. The summed E-state index contributed by atoms with van der Waals surface area (Å²) in [5.74, 6) is 0.542. The lowest BCUT2D eigenvalue weighted by Crippen LogP contribution is -2.26. The topological polar surface area (TPSA) is 82.2 Å². The SMILES string of the molecule is Cn1ccnc1SCCNC(=O)c1cc(COc2ccc(F)cc2Cl)on1. The maximum Gasteiger partial charge on any atom is 0.273 e. The lowest BCUT2D eigenvalue weighted by molar-refractivity contribution is 0.0947. The number of halogens is 2. The molecule has 0 unspecified atom stereocenters. The normalized spacial score (nSPS) is 10.8. The van der Waals surface area contributed by atoms with Crippen LogP contribution in [0, 0.1) is 5.82 Å². The number of hydrogen-bond donors (Lipinski definition) is 1. The van der Waals surface area contributed by atoms with Crippen LogP contribution in [-0.2, 0) is 13.7 Å².